The average molecular weight is 345 g/mol. The highest BCUT2D eigenvalue weighted by atomic mass is 32.2. The Morgan fingerprint density at radius 1 is 1.48 bits per heavy atom. The standard InChI is InChI=1S/C17H19N3OS2/c1-4-5-10-20(15(21)8-11-22-3)17-13(2)19-16(23-17)14-7-6-9-18-12-14/h6-7,9,12H,8,10-11H2,1-3H3. The molecule has 0 aliphatic rings. The quantitative estimate of drug-likeness (QED) is 0.750. The Kier molecular flexibility index (Phi) is 6.63. The summed E-state index contributed by atoms with van der Waals surface area (Å²) in [6.45, 7) is 4.12. The summed E-state index contributed by atoms with van der Waals surface area (Å²) in [5.41, 5.74) is 1.81. The fraction of sp³-hybridized carbons (Fsp3) is 0.353. The van der Waals surface area contributed by atoms with Crippen molar-refractivity contribution in [3.05, 3.63) is 30.2 Å². The molecule has 23 heavy (non-hydrogen) atoms. The van der Waals surface area contributed by atoms with Crippen LogP contribution in [-0.4, -0.2) is 34.4 Å². The molecule has 2 rings (SSSR count). The van der Waals surface area contributed by atoms with Crippen LogP contribution in [0.4, 0.5) is 5.00 Å². The van der Waals surface area contributed by atoms with Gasteiger partial charge in [-0.15, -0.1) is 5.92 Å². The van der Waals surface area contributed by atoms with E-state index in [1.165, 1.54) is 11.3 Å². The normalized spacial score (nSPS) is 10.0. The summed E-state index contributed by atoms with van der Waals surface area (Å²) in [6, 6.07) is 3.86. The van der Waals surface area contributed by atoms with Crippen LogP contribution in [0.3, 0.4) is 0 Å². The summed E-state index contributed by atoms with van der Waals surface area (Å²) in [7, 11) is 0. The topological polar surface area (TPSA) is 46.1 Å². The third-order valence-corrected chi connectivity index (χ3v) is 5.00. The molecule has 0 aliphatic carbocycles. The summed E-state index contributed by atoms with van der Waals surface area (Å²) in [5.74, 6) is 6.75. The molecule has 0 unspecified atom stereocenters. The molecule has 2 aromatic rings. The van der Waals surface area contributed by atoms with Crippen LogP contribution in [0.1, 0.15) is 19.0 Å². The number of pyridine rings is 1. The highest BCUT2D eigenvalue weighted by Crippen LogP contribution is 2.34. The molecule has 0 aromatic carbocycles. The van der Waals surface area contributed by atoms with Gasteiger partial charge in [0.1, 0.15) is 10.0 Å². The average Bonchev–Trinajstić information content (AvgIpc) is 2.96. The third-order valence-electron chi connectivity index (χ3n) is 3.16. The number of amides is 1. The minimum absolute atomic E-state index is 0.0894. The zero-order valence-electron chi connectivity index (χ0n) is 13.5. The molecule has 0 atom stereocenters. The Balaban J connectivity index is 2.32. The molecule has 0 saturated heterocycles. The number of carbonyl (C=O) groups is 1. The van der Waals surface area contributed by atoms with Crippen molar-refractivity contribution in [2.45, 2.75) is 20.3 Å². The first-order chi connectivity index (χ1) is 11.2. The van der Waals surface area contributed by atoms with Gasteiger partial charge in [-0.1, -0.05) is 17.3 Å². The summed E-state index contributed by atoms with van der Waals surface area (Å²) in [6.07, 6.45) is 6.03. The number of rotatable bonds is 6. The van der Waals surface area contributed by atoms with Crippen LogP contribution in [0.25, 0.3) is 10.6 Å². The second kappa shape index (κ2) is 8.70. The van der Waals surface area contributed by atoms with Crippen LogP contribution in [0.5, 0.6) is 0 Å². The highest BCUT2D eigenvalue weighted by Gasteiger charge is 2.20. The SMILES string of the molecule is CC#CCN(C(=O)CCSC)c1sc(-c2cccnc2)nc1C. The molecule has 0 bridgehead atoms. The molecule has 0 N–H and O–H groups in total. The van der Waals surface area contributed by atoms with Crippen LogP contribution < -0.4 is 4.90 Å². The lowest BCUT2D eigenvalue weighted by atomic mass is 10.3. The number of aryl methyl sites for hydroxylation is 1. The lowest BCUT2D eigenvalue weighted by molar-refractivity contribution is -0.118. The fourth-order valence-electron chi connectivity index (χ4n) is 2.01. The van der Waals surface area contributed by atoms with Gasteiger partial charge in [0.2, 0.25) is 5.91 Å². The second-order valence-electron chi connectivity index (χ2n) is 4.80. The van der Waals surface area contributed by atoms with Gasteiger partial charge in [-0.3, -0.25) is 14.7 Å². The Morgan fingerprint density at radius 3 is 2.96 bits per heavy atom. The number of hydrogen-bond donors (Lipinski definition) is 0. The van der Waals surface area contributed by atoms with E-state index >= 15 is 0 Å². The molecule has 6 heteroatoms. The van der Waals surface area contributed by atoms with E-state index in [1.54, 1.807) is 36.0 Å². The first-order valence-corrected chi connectivity index (χ1v) is 9.45. The largest absolute Gasteiger partial charge is 0.290 e. The number of thioether (sulfide) groups is 1. The van der Waals surface area contributed by atoms with Crippen molar-refractivity contribution in [2.24, 2.45) is 0 Å². The van der Waals surface area contributed by atoms with Crippen LogP contribution in [-0.2, 0) is 4.79 Å². The number of aromatic nitrogens is 2. The number of thiazole rings is 1. The maximum Gasteiger partial charge on any atom is 0.229 e. The highest BCUT2D eigenvalue weighted by molar-refractivity contribution is 7.98. The minimum Gasteiger partial charge on any atom is -0.290 e. The number of carbonyl (C=O) groups excluding carboxylic acids is 1. The molecule has 0 spiro atoms. The van der Waals surface area contributed by atoms with Gasteiger partial charge < -0.3 is 0 Å². The fourth-order valence-corrected chi connectivity index (χ4v) is 3.46. The first-order valence-electron chi connectivity index (χ1n) is 7.24. The first kappa shape index (κ1) is 17.5. The lowest BCUT2D eigenvalue weighted by Gasteiger charge is -2.18. The third kappa shape index (κ3) is 4.57. The van der Waals surface area contributed by atoms with Crippen molar-refractivity contribution in [1.29, 1.82) is 0 Å². The molecule has 0 saturated carbocycles. The van der Waals surface area contributed by atoms with Crippen molar-refractivity contribution in [3.63, 3.8) is 0 Å². The van der Waals surface area contributed by atoms with Crippen molar-refractivity contribution >= 4 is 34.0 Å². The van der Waals surface area contributed by atoms with Gasteiger partial charge in [0, 0.05) is 30.1 Å². The Morgan fingerprint density at radius 2 is 2.30 bits per heavy atom. The van der Waals surface area contributed by atoms with E-state index in [1.807, 2.05) is 25.3 Å². The van der Waals surface area contributed by atoms with E-state index in [0.717, 1.165) is 27.0 Å². The van der Waals surface area contributed by atoms with Gasteiger partial charge in [-0.25, -0.2) is 4.98 Å². The summed E-state index contributed by atoms with van der Waals surface area (Å²) in [5, 5.41) is 1.75. The predicted molar refractivity (Wildman–Crippen MR) is 98.9 cm³/mol. The molecule has 1 amide bonds. The minimum atomic E-state index is 0.0894. The Labute approximate surface area is 145 Å². The van der Waals surface area contributed by atoms with E-state index in [2.05, 4.69) is 21.8 Å². The van der Waals surface area contributed by atoms with Crippen molar-refractivity contribution < 1.29 is 4.79 Å². The Bertz CT molecular complexity index is 716. The molecule has 4 nitrogen and oxygen atoms in total. The summed E-state index contributed by atoms with van der Waals surface area (Å²) < 4.78 is 0. The number of hydrogen-bond acceptors (Lipinski definition) is 5. The molecular formula is C17H19N3OS2. The predicted octanol–water partition coefficient (Wildman–Crippen LogP) is 3.62. The van der Waals surface area contributed by atoms with Crippen LogP contribution in [0.2, 0.25) is 0 Å². The van der Waals surface area contributed by atoms with Gasteiger partial charge in [0.15, 0.2) is 0 Å². The molecule has 0 fully saturated rings. The monoisotopic (exact) mass is 345 g/mol. The van der Waals surface area contributed by atoms with Crippen molar-refractivity contribution in [1.82, 2.24) is 9.97 Å². The number of anilines is 1. The molecule has 120 valence electrons. The summed E-state index contributed by atoms with van der Waals surface area (Å²) >= 11 is 3.18. The number of nitrogens with zero attached hydrogens (tertiary/aromatic N) is 3. The van der Waals surface area contributed by atoms with Gasteiger partial charge in [-0.05, 0) is 32.2 Å². The van der Waals surface area contributed by atoms with Crippen molar-refractivity contribution in [3.8, 4) is 22.4 Å². The van der Waals surface area contributed by atoms with E-state index in [9.17, 15) is 4.79 Å². The van der Waals surface area contributed by atoms with Gasteiger partial charge in [0.25, 0.3) is 0 Å². The van der Waals surface area contributed by atoms with Crippen LogP contribution in [0, 0.1) is 18.8 Å². The molecule has 2 heterocycles. The maximum atomic E-state index is 12.5. The van der Waals surface area contributed by atoms with Gasteiger partial charge in [-0.2, -0.15) is 11.8 Å². The lowest BCUT2D eigenvalue weighted by Crippen LogP contribution is -2.31. The zero-order chi connectivity index (χ0) is 16.7. The molecule has 0 radical (unpaired) electrons. The Hall–Kier alpha value is -1.84. The van der Waals surface area contributed by atoms with E-state index in [0.29, 0.717) is 13.0 Å². The molecule has 2 aromatic heterocycles. The van der Waals surface area contributed by atoms with E-state index < -0.39 is 0 Å². The zero-order valence-corrected chi connectivity index (χ0v) is 15.1. The van der Waals surface area contributed by atoms with Crippen LogP contribution >= 0.6 is 23.1 Å². The smallest absolute Gasteiger partial charge is 0.229 e. The summed E-state index contributed by atoms with van der Waals surface area (Å²) in [4.78, 5) is 23.0. The van der Waals surface area contributed by atoms with Crippen molar-refractivity contribution in [2.75, 3.05) is 23.5 Å². The molecule has 0 aliphatic heterocycles. The molecular weight excluding hydrogens is 326 g/mol. The van der Waals surface area contributed by atoms with E-state index in [4.69, 9.17) is 0 Å². The van der Waals surface area contributed by atoms with E-state index in [-0.39, 0.29) is 5.91 Å². The second-order valence-corrected chi connectivity index (χ2v) is 6.76. The van der Waals surface area contributed by atoms with Gasteiger partial charge in [0.05, 0.1) is 12.2 Å². The maximum absolute atomic E-state index is 12.5. The van der Waals surface area contributed by atoms with Crippen LogP contribution in [0.15, 0.2) is 24.5 Å². The van der Waals surface area contributed by atoms with Gasteiger partial charge >= 0.3 is 0 Å².